The Morgan fingerprint density at radius 3 is 2.38 bits per heavy atom. The quantitative estimate of drug-likeness (QED) is 0.328. The molecule has 2 saturated carbocycles. The number of likely N-dealkylation sites (tertiary alicyclic amines) is 1. The van der Waals surface area contributed by atoms with Gasteiger partial charge in [0.25, 0.3) is 11.8 Å². The van der Waals surface area contributed by atoms with Gasteiger partial charge in [-0.05, 0) is 72.8 Å². The van der Waals surface area contributed by atoms with Crippen LogP contribution in [0.15, 0.2) is 24.3 Å². The third kappa shape index (κ3) is 4.09. The Morgan fingerprint density at radius 1 is 1.05 bits per heavy atom. The van der Waals surface area contributed by atoms with Crippen molar-refractivity contribution in [2.24, 2.45) is 16.7 Å². The summed E-state index contributed by atoms with van der Waals surface area (Å²) in [7, 11) is -8.97. The van der Waals surface area contributed by atoms with E-state index in [1.54, 1.807) is 4.31 Å². The van der Waals surface area contributed by atoms with E-state index in [0.717, 1.165) is 37.0 Å². The maximum absolute atomic E-state index is 14.1. The zero-order valence-corrected chi connectivity index (χ0v) is 24.4. The topological polar surface area (TPSA) is 162 Å². The van der Waals surface area contributed by atoms with Crippen LogP contribution < -0.4 is 0 Å². The summed E-state index contributed by atoms with van der Waals surface area (Å²) in [5.74, 6) is -2.24. The highest BCUT2D eigenvalue weighted by Gasteiger charge is 2.70. The Hall–Kier alpha value is -1.66. The standard InChI is InChI=1S/C27H37N2O9PS/c1-25(2)18-8-10-27(25,20(15-18)29-23(31)21(30)22(24(29)32)38-39(33,34)35)16-40(36,37)28-13-11-26(12-14-28)9-7-17-5-3-4-6-19(17)26/h3-6,18,20-22,30H,7-16H2,1-2H3,(H2,33,34,35). The van der Waals surface area contributed by atoms with E-state index in [4.69, 9.17) is 0 Å². The van der Waals surface area contributed by atoms with Gasteiger partial charge in [0.2, 0.25) is 10.0 Å². The highest BCUT2D eigenvalue weighted by molar-refractivity contribution is 7.89. The number of aryl methyl sites for hydroxylation is 1. The Balaban J connectivity index is 1.26. The van der Waals surface area contributed by atoms with Gasteiger partial charge in [-0.15, -0.1) is 0 Å². The van der Waals surface area contributed by atoms with Crippen LogP contribution in [0.2, 0.25) is 0 Å². The Bertz CT molecular complexity index is 1400. The molecule has 2 aliphatic heterocycles. The van der Waals surface area contributed by atoms with Gasteiger partial charge in [0.15, 0.2) is 12.2 Å². The van der Waals surface area contributed by atoms with Crippen molar-refractivity contribution >= 4 is 29.7 Å². The molecule has 2 heterocycles. The van der Waals surface area contributed by atoms with E-state index < -0.39 is 58.7 Å². The fraction of sp³-hybridized carbons (Fsp3) is 0.704. The first-order chi connectivity index (χ1) is 18.6. The fourth-order valence-corrected chi connectivity index (χ4v) is 11.6. The highest BCUT2D eigenvalue weighted by Crippen LogP contribution is 2.68. The molecule has 4 fully saturated rings. The number of carbonyl (C=O) groups is 2. The van der Waals surface area contributed by atoms with Gasteiger partial charge in [0, 0.05) is 24.5 Å². The normalized spacial score (nSPS) is 35.2. The molecule has 5 unspecified atom stereocenters. The van der Waals surface area contributed by atoms with E-state index in [-0.39, 0.29) is 17.1 Å². The minimum absolute atomic E-state index is 0.00704. The minimum Gasteiger partial charge on any atom is -0.380 e. The molecule has 2 saturated heterocycles. The molecule has 3 N–H and O–H groups in total. The number of sulfonamides is 1. The number of fused-ring (bicyclic) bond motifs is 4. The van der Waals surface area contributed by atoms with Crippen LogP contribution in [-0.4, -0.2) is 81.4 Å². The lowest BCUT2D eigenvalue weighted by Crippen LogP contribution is -2.56. The molecular weight excluding hydrogens is 559 g/mol. The van der Waals surface area contributed by atoms with Crippen molar-refractivity contribution in [3.63, 3.8) is 0 Å². The van der Waals surface area contributed by atoms with Crippen molar-refractivity contribution in [2.75, 3.05) is 18.8 Å². The van der Waals surface area contributed by atoms with Crippen molar-refractivity contribution in [2.45, 2.75) is 82.5 Å². The van der Waals surface area contributed by atoms with Crippen molar-refractivity contribution < 1.29 is 42.0 Å². The number of carbonyl (C=O) groups excluding carboxylic acids is 2. The number of hydrogen-bond acceptors (Lipinski definition) is 7. The number of hydrogen-bond donors (Lipinski definition) is 3. The Morgan fingerprint density at radius 2 is 1.73 bits per heavy atom. The molecule has 1 aromatic carbocycles. The molecule has 5 aliphatic rings. The van der Waals surface area contributed by atoms with Crippen molar-refractivity contribution in [3.8, 4) is 0 Å². The number of imide groups is 1. The molecule has 0 aromatic heterocycles. The molecule has 6 rings (SSSR count). The molecule has 2 amide bonds. The molecular formula is C27H37N2O9PS. The second-order valence-corrected chi connectivity index (χ2v) is 16.1. The number of amides is 2. The van der Waals surface area contributed by atoms with Crippen molar-refractivity contribution in [3.05, 3.63) is 35.4 Å². The lowest BCUT2D eigenvalue weighted by atomic mass is 9.68. The Kier molecular flexibility index (Phi) is 6.52. The third-order valence-corrected chi connectivity index (χ3v) is 13.7. The molecule has 0 radical (unpaired) electrons. The van der Waals surface area contributed by atoms with Crippen LogP contribution in [0.4, 0.5) is 0 Å². The maximum atomic E-state index is 14.1. The van der Waals surface area contributed by atoms with Gasteiger partial charge in [-0.1, -0.05) is 38.1 Å². The lowest BCUT2D eigenvalue weighted by molar-refractivity contribution is -0.147. The predicted molar refractivity (Wildman–Crippen MR) is 143 cm³/mol. The first-order valence-corrected chi connectivity index (χ1v) is 17.1. The first-order valence-electron chi connectivity index (χ1n) is 14.0. The third-order valence-electron chi connectivity index (χ3n) is 11.2. The summed E-state index contributed by atoms with van der Waals surface area (Å²) in [6, 6.07) is 7.58. The number of benzene rings is 1. The minimum atomic E-state index is -5.18. The second-order valence-electron chi connectivity index (χ2n) is 13.0. The van der Waals surface area contributed by atoms with E-state index in [2.05, 4.69) is 16.7 Å². The zero-order valence-electron chi connectivity index (χ0n) is 22.7. The highest BCUT2D eigenvalue weighted by atomic mass is 32.2. The van der Waals surface area contributed by atoms with E-state index >= 15 is 0 Å². The average molecular weight is 597 g/mol. The molecule has 220 valence electrons. The second kappa shape index (κ2) is 9.17. The molecule has 13 heteroatoms. The number of aliphatic hydroxyl groups excluding tert-OH is 1. The summed E-state index contributed by atoms with van der Waals surface area (Å²) < 4.78 is 45.6. The molecule has 1 spiro atoms. The van der Waals surface area contributed by atoms with Crippen LogP contribution >= 0.6 is 7.82 Å². The van der Waals surface area contributed by atoms with Crippen LogP contribution in [0.1, 0.15) is 63.5 Å². The smallest absolute Gasteiger partial charge is 0.380 e. The summed E-state index contributed by atoms with van der Waals surface area (Å²) >= 11 is 0. The summed E-state index contributed by atoms with van der Waals surface area (Å²) in [4.78, 5) is 45.7. The van der Waals surface area contributed by atoms with Crippen LogP contribution in [0.3, 0.4) is 0 Å². The van der Waals surface area contributed by atoms with E-state index in [1.807, 2.05) is 26.0 Å². The number of phosphoric acid groups is 1. The van der Waals surface area contributed by atoms with Crippen LogP contribution in [0.5, 0.6) is 0 Å². The van der Waals surface area contributed by atoms with Gasteiger partial charge < -0.3 is 14.9 Å². The zero-order chi connectivity index (χ0) is 28.9. The lowest BCUT2D eigenvalue weighted by Gasteiger charge is -2.46. The first kappa shape index (κ1) is 28.5. The predicted octanol–water partition coefficient (Wildman–Crippen LogP) is 1.70. The SMILES string of the molecule is CC1(C)C2CCC1(CS(=O)(=O)N1CCC3(CCc4ccccc43)CC1)C(N1C(=O)C(O)C(OP(=O)(O)O)C1=O)C2. The monoisotopic (exact) mass is 596 g/mol. The number of phosphoric ester groups is 1. The number of rotatable bonds is 6. The van der Waals surface area contributed by atoms with Gasteiger partial charge >= 0.3 is 7.82 Å². The van der Waals surface area contributed by atoms with E-state index in [0.29, 0.717) is 25.9 Å². The van der Waals surface area contributed by atoms with E-state index in [1.165, 1.54) is 11.1 Å². The Labute approximate surface area is 234 Å². The molecule has 3 aliphatic carbocycles. The number of aliphatic hydroxyl groups is 1. The molecule has 1 aromatic rings. The summed E-state index contributed by atoms with van der Waals surface area (Å²) in [5.41, 5.74) is 1.17. The van der Waals surface area contributed by atoms with Gasteiger partial charge in [-0.3, -0.25) is 19.0 Å². The molecule has 40 heavy (non-hydrogen) atoms. The summed E-state index contributed by atoms with van der Waals surface area (Å²) in [6.07, 6.45) is 0.997. The van der Waals surface area contributed by atoms with E-state index in [9.17, 15) is 37.5 Å². The van der Waals surface area contributed by atoms with Crippen LogP contribution in [0.25, 0.3) is 0 Å². The molecule has 11 nitrogen and oxygen atoms in total. The van der Waals surface area contributed by atoms with Gasteiger partial charge in [-0.2, -0.15) is 0 Å². The van der Waals surface area contributed by atoms with Gasteiger partial charge in [-0.25, -0.2) is 17.3 Å². The van der Waals surface area contributed by atoms with Crippen molar-refractivity contribution in [1.82, 2.24) is 9.21 Å². The fourth-order valence-electron chi connectivity index (χ4n) is 8.84. The largest absolute Gasteiger partial charge is 0.470 e. The molecule has 5 atom stereocenters. The van der Waals surface area contributed by atoms with Crippen molar-refractivity contribution in [1.29, 1.82) is 0 Å². The number of nitrogens with zero attached hydrogens (tertiary/aromatic N) is 2. The average Bonchev–Trinajstić information content (AvgIpc) is 3.49. The molecule has 2 bridgehead atoms. The van der Waals surface area contributed by atoms with Crippen LogP contribution in [-0.2, 0) is 40.5 Å². The maximum Gasteiger partial charge on any atom is 0.470 e. The van der Waals surface area contributed by atoms with Gasteiger partial charge in [0.05, 0.1) is 5.75 Å². The summed E-state index contributed by atoms with van der Waals surface area (Å²) in [5, 5.41) is 10.4. The summed E-state index contributed by atoms with van der Waals surface area (Å²) in [6.45, 7) is 4.76. The van der Waals surface area contributed by atoms with Gasteiger partial charge in [0.1, 0.15) is 0 Å². The number of piperidine rings is 1. The van der Waals surface area contributed by atoms with Crippen LogP contribution in [0, 0.1) is 16.7 Å².